The van der Waals surface area contributed by atoms with Crippen LogP contribution in [0.3, 0.4) is 0 Å². The second-order valence-corrected chi connectivity index (χ2v) is 6.71. The highest BCUT2D eigenvalue weighted by molar-refractivity contribution is 5.90. The smallest absolute Gasteiger partial charge is 0.278 e. The van der Waals surface area contributed by atoms with Crippen LogP contribution in [0.25, 0.3) is 21.9 Å². The summed E-state index contributed by atoms with van der Waals surface area (Å²) in [5.74, 6) is 0.208. The van der Waals surface area contributed by atoms with E-state index in [9.17, 15) is 8.78 Å². The molecule has 2 aromatic carbocycles. The van der Waals surface area contributed by atoms with Crippen LogP contribution < -0.4 is 4.74 Å². The van der Waals surface area contributed by atoms with E-state index in [1.165, 1.54) is 14.2 Å². The third-order valence-electron chi connectivity index (χ3n) is 5.19. The summed E-state index contributed by atoms with van der Waals surface area (Å²) >= 11 is 0. The Hall–Kier alpha value is -3.44. The molecule has 0 spiro atoms. The third-order valence-corrected chi connectivity index (χ3v) is 5.19. The number of ether oxygens (including phenoxy) is 2. The minimum atomic E-state index is -2.96. The van der Waals surface area contributed by atoms with Crippen LogP contribution in [0.15, 0.2) is 36.5 Å². The molecule has 6 nitrogen and oxygen atoms in total. The summed E-state index contributed by atoms with van der Waals surface area (Å²) < 4.78 is 40.5. The normalized spacial score (nSPS) is 13.7. The van der Waals surface area contributed by atoms with Crippen LogP contribution in [0.4, 0.5) is 8.78 Å². The second kappa shape index (κ2) is 6.87. The monoisotopic (exact) mass is 396 g/mol. The van der Waals surface area contributed by atoms with E-state index in [0.717, 1.165) is 5.56 Å². The van der Waals surface area contributed by atoms with Gasteiger partial charge in [-0.15, -0.1) is 0 Å². The van der Waals surface area contributed by atoms with Crippen LogP contribution in [-0.4, -0.2) is 35.6 Å². The minimum Gasteiger partial charge on any atom is -0.496 e. The number of alkyl halides is 2. The fourth-order valence-electron chi connectivity index (χ4n) is 3.79. The molecule has 148 valence electrons. The van der Waals surface area contributed by atoms with Gasteiger partial charge < -0.3 is 19.4 Å². The Morgan fingerprint density at radius 3 is 2.66 bits per heavy atom. The molecule has 4 aromatic rings. The highest BCUT2D eigenvalue weighted by Gasteiger charge is 2.50. The van der Waals surface area contributed by atoms with Gasteiger partial charge in [-0.25, -0.2) is 13.8 Å². The van der Waals surface area contributed by atoms with Crippen molar-refractivity contribution >= 4 is 21.9 Å². The average molecular weight is 396 g/mol. The molecule has 0 amide bonds. The van der Waals surface area contributed by atoms with E-state index in [1.54, 1.807) is 36.5 Å². The zero-order valence-electron chi connectivity index (χ0n) is 16.0. The van der Waals surface area contributed by atoms with Crippen LogP contribution in [0.5, 0.6) is 5.75 Å². The van der Waals surface area contributed by atoms with Crippen molar-refractivity contribution in [3.63, 3.8) is 0 Å². The van der Waals surface area contributed by atoms with Crippen LogP contribution in [-0.2, 0) is 10.3 Å². The molecule has 0 saturated carbocycles. The molecule has 0 saturated heterocycles. The van der Waals surface area contributed by atoms with Gasteiger partial charge in [0.2, 0.25) is 5.60 Å². The van der Waals surface area contributed by atoms with E-state index in [-0.39, 0.29) is 17.1 Å². The maximum Gasteiger partial charge on any atom is 0.278 e. The number of aromatic amines is 2. The number of aromatic nitrogens is 3. The number of fused-ring (bicyclic) bond motifs is 2. The molecule has 1 unspecified atom stereocenters. The summed E-state index contributed by atoms with van der Waals surface area (Å²) in [4.78, 5) is 10.4. The number of imidazole rings is 1. The van der Waals surface area contributed by atoms with Crippen molar-refractivity contribution < 1.29 is 18.3 Å². The molecular formula is C21H18F2N4O2. The number of aryl methyl sites for hydroxylation is 1. The van der Waals surface area contributed by atoms with E-state index < -0.39 is 12.0 Å². The molecule has 2 heterocycles. The second-order valence-electron chi connectivity index (χ2n) is 6.71. The first-order chi connectivity index (χ1) is 14.0. The summed E-state index contributed by atoms with van der Waals surface area (Å²) in [6.07, 6.45) is -1.28. The molecule has 0 aliphatic rings. The van der Waals surface area contributed by atoms with Gasteiger partial charge in [0.15, 0.2) is 5.82 Å². The van der Waals surface area contributed by atoms with E-state index in [4.69, 9.17) is 14.7 Å². The largest absolute Gasteiger partial charge is 0.496 e. The van der Waals surface area contributed by atoms with Crippen molar-refractivity contribution in [3.8, 4) is 11.8 Å². The van der Waals surface area contributed by atoms with E-state index >= 15 is 0 Å². The molecule has 8 heteroatoms. The van der Waals surface area contributed by atoms with Gasteiger partial charge >= 0.3 is 0 Å². The third kappa shape index (κ3) is 2.66. The lowest BCUT2D eigenvalue weighted by atomic mass is 9.88. The fraction of sp³-hybridized carbons (Fsp3) is 0.238. The Kier molecular flexibility index (Phi) is 4.47. The molecule has 0 fully saturated rings. The van der Waals surface area contributed by atoms with Gasteiger partial charge in [-0.2, -0.15) is 5.26 Å². The van der Waals surface area contributed by atoms with Gasteiger partial charge in [-0.05, 0) is 42.8 Å². The number of nitriles is 1. The average Bonchev–Trinajstić information content (AvgIpc) is 3.36. The summed E-state index contributed by atoms with van der Waals surface area (Å²) in [6, 6.07) is 10.2. The van der Waals surface area contributed by atoms with Crippen molar-refractivity contribution in [3.05, 3.63) is 59.0 Å². The summed E-state index contributed by atoms with van der Waals surface area (Å²) in [6.45, 7) is 1.87. The van der Waals surface area contributed by atoms with Crippen molar-refractivity contribution in [1.82, 2.24) is 15.0 Å². The zero-order valence-corrected chi connectivity index (χ0v) is 16.0. The SMILES string of the molecule is COc1cc(C)c2[nH]ccc2c1C(OC)(c1nc2cc(C#N)ccc2[nH]1)C(F)F. The lowest BCUT2D eigenvalue weighted by molar-refractivity contribution is -0.103. The molecule has 0 radical (unpaired) electrons. The molecule has 2 aromatic heterocycles. The van der Waals surface area contributed by atoms with Gasteiger partial charge in [-0.3, -0.25) is 0 Å². The maximum absolute atomic E-state index is 14.7. The quantitative estimate of drug-likeness (QED) is 0.524. The zero-order chi connectivity index (χ0) is 20.8. The highest BCUT2D eigenvalue weighted by atomic mass is 19.3. The van der Waals surface area contributed by atoms with Gasteiger partial charge in [0, 0.05) is 29.8 Å². The first-order valence-corrected chi connectivity index (χ1v) is 8.85. The Morgan fingerprint density at radius 1 is 1.21 bits per heavy atom. The van der Waals surface area contributed by atoms with Gasteiger partial charge in [-0.1, -0.05) is 0 Å². The summed E-state index contributed by atoms with van der Waals surface area (Å²) in [7, 11) is 2.65. The van der Waals surface area contributed by atoms with Crippen molar-refractivity contribution in [2.45, 2.75) is 19.0 Å². The lowest BCUT2D eigenvalue weighted by Gasteiger charge is -2.32. The lowest BCUT2D eigenvalue weighted by Crippen LogP contribution is -2.39. The van der Waals surface area contributed by atoms with Gasteiger partial charge in [0.1, 0.15) is 5.75 Å². The molecule has 4 rings (SSSR count). The molecule has 0 bridgehead atoms. The molecule has 0 aliphatic heterocycles. The minimum absolute atomic E-state index is 0.0651. The number of rotatable bonds is 5. The summed E-state index contributed by atoms with van der Waals surface area (Å²) in [5, 5.41) is 9.67. The summed E-state index contributed by atoms with van der Waals surface area (Å²) in [5.41, 5.74) is 0.857. The molecule has 2 N–H and O–H groups in total. The Balaban J connectivity index is 2.09. The maximum atomic E-state index is 14.7. The number of hydrogen-bond donors (Lipinski definition) is 2. The first-order valence-electron chi connectivity index (χ1n) is 8.85. The van der Waals surface area contributed by atoms with Gasteiger partial charge in [0.05, 0.1) is 29.8 Å². The van der Waals surface area contributed by atoms with E-state index in [0.29, 0.717) is 27.5 Å². The van der Waals surface area contributed by atoms with Crippen molar-refractivity contribution in [2.75, 3.05) is 14.2 Å². The standard InChI is InChI=1S/C21H18F2N4O2/c1-11-8-16(28-2)17(13-6-7-25-18(11)13)21(29-3,19(22)23)20-26-14-5-4-12(10-24)9-15(14)27-20/h4-9,19,25H,1-3H3,(H,26,27). The van der Waals surface area contributed by atoms with Gasteiger partial charge in [0.25, 0.3) is 6.43 Å². The predicted octanol–water partition coefficient (Wildman–Crippen LogP) is 4.39. The molecular weight excluding hydrogens is 378 g/mol. The van der Waals surface area contributed by atoms with Crippen LogP contribution in [0.1, 0.15) is 22.5 Å². The van der Waals surface area contributed by atoms with E-state index in [2.05, 4.69) is 15.0 Å². The number of nitrogens with zero attached hydrogens (tertiary/aromatic N) is 2. The van der Waals surface area contributed by atoms with Crippen LogP contribution in [0.2, 0.25) is 0 Å². The Labute approximate surface area is 165 Å². The Morgan fingerprint density at radius 2 is 2.00 bits per heavy atom. The molecule has 1 atom stereocenters. The fourth-order valence-corrected chi connectivity index (χ4v) is 3.79. The number of methoxy groups -OCH3 is 2. The number of halogens is 2. The highest BCUT2D eigenvalue weighted by Crippen LogP contribution is 2.46. The topological polar surface area (TPSA) is 86.7 Å². The number of hydrogen-bond acceptors (Lipinski definition) is 4. The number of H-pyrrole nitrogens is 2. The van der Waals surface area contributed by atoms with Crippen LogP contribution in [0, 0.1) is 18.3 Å². The van der Waals surface area contributed by atoms with Crippen molar-refractivity contribution in [2.24, 2.45) is 0 Å². The van der Waals surface area contributed by atoms with E-state index in [1.807, 2.05) is 13.0 Å². The number of benzene rings is 2. The van der Waals surface area contributed by atoms with Crippen LogP contribution >= 0.6 is 0 Å². The van der Waals surface area contributed by atoms with Crippen molar-refractivity contribution in [1.29, 1.82) is 5.26 Å². The predicted molar refractivity (Wildman–Crippen MR) is 104 cm³/mol. The molecule has 29 heavy (non-hydrogen) atoms. The molecule has 0 aliphatic carbocycles. The number of nitrogens with one attached hydrogen (secondary N) is 2. The Bertz CT molecular complexity index is 1260. The first kappa shape index (κ1) is 18.9.